The fourth-order valence-corrected chi connectivity index (χ4v) is 2.82. The van der Waals surface area contributed by atoms with E-state index in [2.05, 4.69) is 4.90 Å². The third-order valence-corrected chi connectivity index (χ3v) is 4.10. The molecule has 0 amide bonds. The molecule has 1 aliphatic rings. The molecule has 21 heavy (non-hydrogen) atoms. The van der Waals surface area contributed by atoms with Gasteiger partial charge in [0.2, 0.25) is 5.76 Å². The average molecular weight is 318 g/mol. The Bertz CT molecular complexity index is 464. The molecule has 0 radical (unpaired) electrons. The van der Waals surface area contributed by atoms with Crippen LogP contribution in [0.25, 0.3) is 0 Å². The highest BCUT2D eigenvalue weighted by atomic mass is 35.5. The monoisotopic (exact) mass is 317 g/mol. The van der Waals surface area contributed by atoms with Gasteiger partial charge >= 0.3 is 5.97 Å². The third kappa shape index (κ3) is 4.44. The van der Waals surface area contributed by atoms with Gasteiger partial charge in [-0.25, -0.2) is 4.79 Å². The summed E-state index contributed by atoms with van der Waals surface area (Å²) in [6.45, 7) is 2.56. The van der Waals surface area contributed by atoms with E-state index in [-0.39, 0.29) is 30.4 Å². The molecular weight excluding hydrogens is 298 g/mol. The van der Waals surface area contributed by atoms with Crippen LogP contribution in [0.15, 0.2) is 16.5 Å². The topological polar surface area (TPSA) is 83.1 Å². The molecule has 1 saturated heterocycles. The number of ether oxygens (including phenoxy) is 1. The van der Waals surface area contributed by atoms with Crippen molar-refractivity contribution in [2.24, 2.45) is 0 Å². The van der Waals surface area contributed by atoms with E-state index in [0.717, 1.165) is 25.9 Å². The van der Waals surface area contributed by atoms with Crippen LogP contribution in [-0.2, 0) is 11.3 Å². The van der Waals surface area contributed by atoms with Gasteiger partial charge in [-0.3, -0.25) is 4.90 Å². The summed E-state index contributed by atoms with van der Waals surface area (Å²) in [4.78, 5) is 12.9. The highest BCUT2D eigenvalue weighted by molar-refractivity contribution is 6.21. The van der Waals surface area contributed by atoms with Crippen LogP contribution in [0.4, 0.5) is 0 Å². The Morgan fingerprint density at radius 1 is 1.52 bits per heavy atom. The number of aliphatic hydroxyl groups excluding tert-OH is 1. The van der Waals surface area contributed by atoms with Crippen molar-refractivity contribution in [3.05, 3.63) is 23.7 Å². The summed E-state index contributed by atoms with van der Waals surface area (Å²) in [5, 5.41) is 17.7. The molecule has 1 aromatic heterocycles. The molecule has 0 spiro atoms. The van der Waals surface area contributed by atoms with Gasteiger partial charge in [-0.05, 0) is 25.0 Å². The first-order valence-electron chi connectivity index (χ1n) is 7.00. The largest absolute Gasteiger partial charge is 0.475 e. The number of furan rings is 1. The first kappa shape index (κ1) is 16.3. The van der Waals surface area contributed by atoms with Gasteiger partial charge in [0.05, 0.1) is 12.0 Å². The lowest BCUT2D eigenvalue weighted by molar-refractivity contribution is 0.0536. The fourth-order valence-electron chi connectivity index (χ4n) is 2.49. The van der Waals surface area contributed by atoms with Crippen LogP contribution in [0.1, 0.15) is 29.2 Å². The summed E-state index contributed by atoms with van der Waals surface area (Å²) < 4.78 is 10.7. The minimum Gasteiger partial charge on any atom is -0.475 e. The van der Waals surface area contributed by atoms with Crippen LogP contribution < -0.4 is 0 Å². The number of carbonyl (C=O) groups is 1. The van der Waals surface area contributed by atoms with Crippen molar-refractivity contribution in [1.29, 1.82) is 0 Å². The second-order valence-corrected chi connectivity index (χ2v) is 5.63. The molecule has 1 fully saturated rings. The lowest BCUT2D eigenvalue weighted by Crippen LogP contribution is -2.38. The van der Waals surface area contributed by atoms with Gasteiger partial charge in [0.15, 0.2) is 0 Å². The number of aromatic carboxylic acids is 1. The Hall–Kier alpha value is -1.08. The summed E-state index contributed by atoms with van der Waals surface area (Å²) >= 11 is 6.29. The second-order valence-electron chi connectivity index (χ2n) is 5.07. The summed E-state index contributed by atoms with van der Waals surface area (Å²) in [5.74, 6) is -0.694. The molecule has 1 aliphatic heterocycles. The third-order valence-electron chi connectivity index (χ3n) is 3.59. The molecule has 2 heterocycles. The standard InChI is InChI=1S/C14H20ClNO5/c15-11-4-6-16(5-1-7-17)12(11)9-20-8-10-2-3-13(21-10)14(18)19/h2-3,11-12,17H,1,4-9H2,(H,18,19)/t11-,12-/m0/s1. The van der Waals surface area contributed by atoms with Gasteiger partial charge in [0.1, 0.15) is 12.4 Å². The number of alkyl halides is 1. The van der Waals surface area contributed by atoms with E-state index in [9.17, 15) is 4.79 Å². The first-order chi connectivity index (χ1) is 10.1. The molecule has 7 heteroatoms. The molecule has 118 valence electrons. The van der Waals surface area contributed by atoms with E-state index in [1.807, 2.05) is 0 Å². The van der Waals surface area contributed by atoms with Crippen molar-refractivity contribution in [3.63, 3.8) is 0 Å². The van der Waals surface area contributed by atoms with E-state index in [0.29, 0.717) is 12.4 Å². The summed E-state index contributed by atoms with van der Waals surface area (Å²) in [6.07, 6.45) is 1.63. The van der Waals surface area contributed by atoms with Crippen molar-refractivity contribution < 1.29 is 24.2 Å². The maximum atomic E-state index is 10.7. The Morgan fingerprint density at radius 2 is 2.33 bits per heavy atom. The highest BCUT2D eigenvalue weighted by Crippen LogP contribution is 2.23. The number of carboxylic acids is 1. The predicted octanol–water partition coefficient (Wildman–Crippen LogP) is 1.56. The van der Waals surface area contributed by atoms with E-state index in [1.54, 1.807) is 6.07 Å². The molecule has 2 rings (SSSR count). The minimum atomic E-state index is -1.09. The van der Waals surface area contributed by atoms with Crippen molar-refractivity contribution in [2.75, 3.05) is 26.3 Å². The first-order valence-corrected chi connectivity index (χ1v) is 7.44. The number of nitrogens with zero attached hydrogens (tertiary/aromatic N) is 1. The normalized spacial score (nSPS) is 22.8. The number of rotatable bonds is 8. The molecule has 0 aromatic carbocycles. The molecule has 6 nitrogen and oxygen atoms in total. The highest BCUT2D eigenvalue weighted by Gasteiger charge is 2.32. The van der Waals surface area contributed by atoms with Gasteiger partial charge in [0.25, 0.3) is 0 Å². The number of carboxylic acid groups (broad SMARTS) is 1. The Labute approximate surface area is 128 Å². The van der Waals surface area contributed by atoms with Crippen LogP contribution in [0.5, 0.6) is 0 Å². The predicted molar refractivity (Wildman–Crippen MR) is 76.6 cm³/mol. The fraction of sp³-hybridized carbons (Fsp3) is 0.643. The van der Waals surface area contributed by atoms with Crippen molar-refractivity contribution in [3.8, 4) is 0 Å². The summed E-state index contributed by atoms with van der Waals surface area (Å²) in [5.41, 5.74) is 0. The number of halogens is 1. The van der Waals surface area contributed by atoms with Crippen molar-refractivity contribution >= 4 is 17.6 Å². The molecular formula is C14H20ClNO5. The van der Waals surface area contributed by atoms with Crippen molar-refractivity contribution in [1.82, 2.24) is 4.90 Å². The maximum absolute atomic E-state index is 10.7. The molecule has 2 atom stereocenters. The SMILES string of the molecule is O=C(O)c1ccc(COC[C@H]2[C@@H](Cl)CCN2CCCO)o1. The Kier molecular flexibility index (Phi) is 6.05. The summed E-state index contributed by atoms with van der Waals surface area (Å²) in [7, 11) is 0. The summed E-state index contributed by atoms with van der Waals surface area (Å²) in [6, 6.07) is 3.13. The van der Waals surface area contributed by atoms with Gasteiger partial charge in [0, 0.05) is 25.7 Å². The minimum absolute atomic E-state index is 0.0369. The number of hydrogen-bond acceptors (Lipinski definition) is 5. The molecule has 0 aliphatic carbocycles. The van der Waals surface area contributed by atoms with Gasteiger partial charge in [-0.1, -0.05) is 0 Å². The van der Waals surface area contributed by atoms with Gasteiger partial charge in [-0.2, -0.15) is 0 Å². The molecule has 1 aromatic rings. The number of aliphatic hydroxyl groups is 1. The zero-order chi connectivity index (χ0) is 15.2. The maximum Gasteiger partial charge on any atom is 0.371 e. The lowest BCUT2D eigenvalue weighted by Gasteiger charge is -2.25. The number of likely N-dealkylation sites (tertiary alicyclic amines) is 1. The van der Waals surface area contributed by atoms with E-state index >= 15 is 0 Å². The van der Waals surface area contributed by atoms with Gasteiger partial charge in [-0.15, -0.1) is 11.6 Å². The van der Waals surface area contributed by atoms with Crippen molar-refractivity contribution in [2.45, 2.75) is 30.9 Å². The molecule has 0 unspecified atom stereocenters. The smallest absolute Gasteiger partial charge is 0.371 e. The van der Waals surface area contributed by atoms with Crippen LogP contribution in [0.2, 0.25) is 0 Å². The Balaban J connectivity index is 1.79. The average Bonchev–Trinajstić information content (AvgIpc) is 3.05. The van der Waals surface area contributed by atoms with E-state index < -0.39 is 5.97 Å². The zero-order valence-corrected chi connectivity index (χ0v) is 12.5. The van der Waals surface area contributed by atoms with Crippen LogP contribution in [-0.4, -0.2) is 58.8 Å². The zero-order valence-electron chi connectivity index (χ0n) is 11.7. The molecule has 0 saturated carbocycles. The quantitative estimate of drug-likeness (QED) is 0.708. The van der Waals surface area contributed by atoms with E-state index in [1.165, 1.54) is 6.07 Å². The van der Waals surface area contributed by atoms with Gasteiger partial charge < -0.3 is 19.4 Å². The van der Waals surface area contributed by atoms with Crippen LogP contribution in [0.3, 0.4) is 0 Å². The van der Waals surface area contributed by atoms with E-state index in [4.69, 9.17) is 31.0 Å². The van der Waals surface area contributed by atoms with Crippen LogP contribution in [0, 0.1) is 0 Å². The molecule has 0 bridgehead atoms. The number of hydrogen-bond donors (Lipinski definition) is 2. The second kappa shape index (κ2) is 7.79. The molecule has 2 N–H and O–H groups in total. The van der Waals surface area contributed by atoms with Crippen LogP contribution >= 0.6 is 11.6 Å². The lowest BCUT2D eigenvalue weighted by atomic mass is 10.2. The Morgan fingerprint density at radius 3 is 3.00 bits per heavy atom.